The standard InChI is InChI=1S/C27H21F5N2O2/c1-17-6-5-7-18(14-17)16-34-23(15-22(24(33)25(34)35)26(28,29)27(30,31)32)19-10-12-21(13-11-19)36-20-8-3-2-4-9-20/h2-15H,16,33H2,1H3. The molecule has 36 heavy (non-hydrogen) atoms. The van der Waals surface area contributed by atoms with Crippen molar-refractivity contribution in [2.24, 2.45) is 0 Å². The van der Waals surface area contributed by atoms with Crippen LogP contribution >= 0.6 is 0 Å². The van der Waals surface area contributed by atoms with E-state index in [-0.39, 0.29) is 17.8 Å². The van der Waals surface area contributed by atoms with Gasteiger partial charge in [-0.3, -0.25) is 4.79 Å². The van der Waals surface area contributed by atoms with E-state index in [1.54, 1.807) is 42.5 Å². The van der Waals surface area contributed by atoms with Crippen LogP contribution in [-0.2, 0) is 12.5 Å². The summed E-state index contributed by atoms with van der Waals surface area (Å²) in [5, 5.41) is 0. The van der Waals surface area contributed by atoms with Crippen LogP contribution in [0.5, 0.6) is 11.5 Å². The molecule has 0 unspecified atom stereocenters. The van der Waals surface area contributed by atoms with E-state index < -0.39 is 28.9 Å². The summed E-state index contributed by atoms with van der Waals surface area (Å²) in [7, 11) is 0. The molecule has 2 N–H and O–H groups in total. The molecule has 0 radical (unpaired) electrons. The van der Waals surface area contributed by atoms with Crippen LogP contribution in [0.2, 0.25) is 0 Å². The molecule has 1 aromatic heterocycles. The Morgan fingerprint density at radius 3 is 2.08 bits per heavy atom. The zero-order chi connectivity index (χ0) is 26.1. The van der Waals surface area contributed by atoms with Crippen LogP contribution in [0.15, 0.2) is 89.7 Å². The summed E-state index contributed by atoms with van der Waals surface area (Å²) >= 11 is 0. The summed E-state index contributed by atoms with van der Waals surface area (Å²) < 4.78 is 75.1. The monoisotopic (exact) mass is 500 g/mol. The molecule has 0 saturated carbocycles. The minimum Gasteiger partial charge on any atom is -0.457 e. The van der Waals surface area contributed by atoms with Crippen LogP contribution < -0.4 is 16.0 Å². The van der Waals surface area contributed by atoms with Gasteiger partial charge in [-0.05, 0) is 60.5 Å². The molecule has 0 atom stereocenters. The van der Waals surface area contributed by atoms with Gasteiger partial charge in [0.05, 0.1) is 17.8 Å². The van der Waals surface area contributed by atoms with Crippen molar-refractivity contribution in [1.29, 1.82) is 0 Å². The number of pyridine rings is 1. The predicted molar refractivity (Wildman–Crippen MR) is 127 cm³/mol. The Morgan fingerprint density at radius 1 is 0.833 bits per heavy atom. The molecule has 1 heterocycles. The van der Waals surface area contributed by atoms with Crippen LogP contribution in [-0.4, -0.2) is 10.7 Å². The van der Waals surface area contributed by atoms with Crippen molar-refractivity contribution in [3.05, 3.63) is 112 Å². The molecule has 0 aliphatic heterocycles. The van der Waals surface area contributed by atoms with E-state index in [0.717, 1.165) is 10.1 Å². The number of hydrogen-bond acceptors (Lipinski definition) is 3. The Hall–Kier alpha value is -4.14. The van der Waals surface area contributed by atoms with E-state index in [0.29, 0.717) is 23.1 Å². The lowest BCUT2D eigenvalue weighted by molar-refractivity contribution is -0.289. The Labute approximate surface area is 203 Å². The van der Waals surface area contributed by atoms with E-state index in [1.165, 1.54) is 24.3 Å². The first-order chi connectivity index (χ1) is 17.0. The lowest BCUT2D eigenvalue weighted by Gasteiger charge is -2.24. The second-order valence-corrected chi connectivity index (χ2v) is 8.25. The van der Waals surface area contributed by atoms with Gasteiger partial charge in [0.1, 0.15) is 17.2 Å². The largest absolute Gasteiger partial charge is 0.458 e. The lowest BCUT2D eigenvalue weighted by atomic mass is 10.0. The van der Waals surface area contributed by atoms with E-state index in [2.05, 4.69) is 0 Å². The third-order valence-corrected chi connectivity index (χ3v) is 5.58. The van der Waals surface area contributed by atoms with Gasteiger partial charge in [0, 0.05) is 0 Å². The summed E-state index contributed by atoms with van der Waals surface area (Å²) in [6.45, 7) is 1.75. The number of anilines is 1. The Morgan fingerprint density at radius 2 is 1.47 bits per heavy atom. The molecule has 0 aliphatic carbocycles. The molecule has 186 valence electrons. The maximum Gasteiger partial charge on any atom is 0.458 e. The number of ether oxygens (including phenoxy) is 1. The minimum atomic E-state index is -5.93. The molecule has 9 heteroatoms. The molecule has 4 nitrogen and oxygen atoms in total. The third-order valence-electron chi connectivity index (χ3n) is 5.58. The molecular formula is C27H21F5N2O2. The summed E-state index contributed by atoms with van der Waals surface area (Å²) in [5.74, 6) is -4.35. The fraction of sp³-hybridized carbons (Fsp3) is 0.148. The zero-order valence-electron chi connectivity index (χ0n) is 19.0. The van der Waals surface area contributed by atoms with Crippen LogP contribution in [0.1, 0.15) is 16.7 Å². The van der Waals surface area contributed by atoms with Crippen molar-refractivity contribution < 1.29 is 26.7 Å². The van der Waals surface area contributed by atoms with Crippen LogP contribution in [0.25, 0.3) is 11.3 Å². The van der Waals surface area contributed by atoms with E-state index in [4.69, 9.17) is 10.5 Å². The second-order valence-electron chi connectivity index (χ2n) is 8.25. The number of aromatic nitrogens is 1. The number of benzene rings is 3. The Balaban J connectivity index is 1.84. The van der Waals surface area contributed by atoms with Crippen molar-refractivity contribution in [2.75, 3.05) is 5.73 Å². The molecule has 0 aliphatic rings. The van der Waals surface area contributed by atoms with Gasteiger partial charge in [0.15, 0.2) is 0 Å². The number of aryl methyl sites for hydroxylation is 1. The zero-order valence-corrected chi connectivity index (χ0v) is 19.0. The van der Waals surface area contributed by atoms with Gasteiger partial charge in [-0.25, -0.2) is 0 Å². The van der Waals surface area contributed by atoms with Gasteiger partial charge < -0.3 is 15.0 Å². The number of nitrogen functional groups attached to an aromatic ring is 1. The molecule has 0 spiro atoms. The smallest absolute Gasteiger partial charge is 0.457 e. The minimum absolute atomic E-state index is 0.0832. The highest BCUT2D eigenvalue weighted by atomic mass is 19.4. The number of rotatable bonds is 6. The molecule has 0 fully saturated rings. The highest BCUT2D eigenvalue weighted by Crippen LogP contribution is 2.46. The van der Waals surface area contributed by atoms with Gasteiger partial charge in [0.2, 0.25) is 0 Å². The third kappa shape index (κ3) is 4.95. The maximum atomic E-state index is 14.3. The molecule has 4 rings (SSSR count). The SMILES string of the molecule is Cc1cccc(Cn2c(-c3ccc(Oc4ccccc4)cc3)cc(C(F)(F)C(F)(F)F)c(N)c2=O)c1. The molecular weight excluding hydrogens is 479 g/mol. The summed E-state index contributed by atoms with van der Waals surface area (Å²) in [5.41, 5.74) is 3.33. The average molecular weight is 500 g/mol. The Bertz CT molecular complexity index is 1430. The number of nitrogens with zero attached hydrogens (tertiary/aromatic N) is 1. The van der Waals surface area contributed by atoms with Crippen LogP contribution in [0.4, 0.5) is 27.6 Å². The number of para-hydroxylation sites is 1. The number of hydrogen-bond donors (Lipinski definition) is 1. The Kier molecular flexibility index (Phi) is 6.58. The van der Waals surface area contributed by atoms with Crippen LogP contribution in [0.3, 0.4) is 0 Å². The molecule has 0 saturated heterocycles. The first kappa shape index (κ1) is 25.0. The van der Waals surface area contributed by atoms with Gasteiger partial charge in [-0.1, -0.05) is 48.0 Å². The van der Waals surface area contributed by atoms with E-state index in [1.807, 2.05) is 19.1 Å². The highest BCUT2D eigenvalue weighted by Gasteiger charge is 2.60. The predicted octanol–water partition coefficient (Wildman–Crippen LogP) is 6.90. The normalized spacial score (nSPS) is 11.9. The lowest BCUT2D eigenvalue weighted by Crippen LogP contribution is -2.37. The fourth-order valence-corrected chi connectivity index (χ4v) is 3.78. The summed E-state index contributed by atoms with van der Waals surface area (Å²) in [4.78, 5) is 13.1. The van der Waals surface area contributed by atoms with Gasteiger partial charge in [0.25, 0.3) is 5.56 Å². The maximum absolute atomic E-state index is 14.3. The first-order valence-corrected chi connectivity index (χ1v) is 10.8. The van der Waals surface area contributed by atoms with Crippen molar-refractivity contribution in [3.63, 3.8) is 0 Å². The van der Waals surface area contributed by atoms with Crippen LogP contribution in [0, 0.1) is 6.92 Å². The van der Waals surface area contributed by atoms with E-state index in [9.17, 15) is 26.7 Å². The second kappa shape index (κ2) is 9.49. The van der Waals surface area contributed by atoms with Crippen molar-refractivity contribution in [2.45, 2.75) is 25.6 Å². The molecule has 0 bridgehead atoms. The number of alkyl halides is 5. The quantitative estimate of drug-likeness (QED) is 0.293. The molecule has 4 aromatic rings. The van der Waals surface area contributed by atoms with Crippen molar-refractivity contribution >= 4 is 5.69 Å². The van der Waals surface area contributed by atoms with Crippen molar-refractivity contribution in [1.82, 2.24) is 4.57 Å². The number of nitrogens with two attached hydrogens (primary N) is 1. The first-order valence-electron chi connectivity index (χ1n) is 10.8. The van der Waals surface area contributed by atoms with Gasteiger partial charge in [-0.15, -0.1) is 0 Å². The molecule has 0 amide bonds. The van der Waals surface area contributed by atoms with Crippen molar-refractivity contribution in [3.8, 4) is 22.8 Å². The average Bonchev–Trinajstić information content (AvgIpc) is 2.83. The van der Waals surface area contributed by atoms with Gasteiger partial charge >= 0.3 is 12.1 Å². The van der Waals surface area contributed by atoms with Gasteiger partial charge in [-0.2, -0.15) is 22.0 Å². The van der Waals surface area contributed by atoms with E-state index >= 15 is 0 Å². The topological polar surface area (TPSA) is 57.2 Å². The summed E-state index contributed by atoms with van der Waals surface area (Å²) in [6.07, 6.45) is -5.93. The number of halogens is 5. The molecule has 3 aromatic carbocycles. The highest BCUT2D eigenvalue weighted by molar-refractivity contribution is 5.66. The summed E-state index contributed by atoms with van der Waals surface area (Å²) in [6, 6.07) is 22.6. The fourth-order valence-electron chi connectivity index (χ4n) is 3.78.